The maximum absolute atomic E-state index is 12.6. The summed E-state index contributed by atoms with van der Waals surface area (Å²) < 4.78 is 4.83. The van der Waals surface area contributed by atoms with E-state index in [1.165, 1.54) is 7.11 Å². The van der Waals surface area contributed by atoms with Gasteiger partial charge in [0.1, 0.15) is 5.60 Å². The molecule has 0 aromatic carbocycles. The third kappa shape index (κ3) is 1.62. The van der Waals surface area contributed by atoms with Crippen molar-refractivity contribution in [2.75, 3.05) is 13.0 Å². The van der Waals surface area contributed by atoms with Crippen molar-refractivity contribution in [3.63, 3.8) is 0 Å². The predicted molar refractivity (Wildman–Crippen MR) is 70.7 cm³/mol. The molecule has 0 aromatic rings. The minimum atomic E-state index is -1.58. The maximum atomic E-state index is 12.6. The number of rotatable bonds is 2. The molecule has 3 rings (SSSR count). The molecule has 4 nitrogen and oxygen atoms in total. The van der Waals surface area contributed by atoms with Crippen LogP contribution in [0.1, 0.15) is 20.8 Å². The summed E-state index contributed by atoms with van der Waals surface area (Å²) in [5.41, 5.74) is -1.72. The highest BCUT2D eigenvalue weighted by Gasteiger charge is 2.66. The van der Waals surface area contributed by atoms with Gasteiger partial charge in [-0.25, -0.2) is 0 Å². The molecule has 0 unspecified atom stereocenters. The molecule has 3 aliphatic carbocycles. The average Bonchev–Trinajstić information content (AvgIpc) is 2.34. The van der Waals surface area contributed by atoms with Gasteiger partial charge in [-0.3, -0.25) is 9.59 Å². The monoisotopic (exact) mass is 286 g/mol. The van der Waals surface area contributed by atoms with Gasteiger partial charge in [0.15, 0.2) is 5.78 Å². The number of Topliss-reactive ketones (excluding diaryl/α,β-unsaturated/α-hetero) is 1. The molecule has 0 spiro atoms. The molecule has 0 amide bonds. The minimum Gasteiger partial charge on any atom is -0.469 e. The number of hydrogen-bond acceptors (Lipinski definition) is 4. The molecule has 1 saturated carbocycles. The number of hydrogen-bond donors (Lipinski definition) is 1. The number of ketones is 1. The fourth-order valence-electron chi connectivity index (χ4n) is 4.16. The van der Waals surface area contributed by atoms with Gasteiger partial charge in [-0.2, -0.15) is 0 Å². The van der Waals surface area contributed by atoms with E-state index >= 15 is 0 Å². The van der Waals surface area contributed by atoms with Gasteiger partial charge in [-0.1, -0.05) is 18.6 Å². The zero-order chi connectivity index (χ0) is 14.6. The molecule has 0 radical (unpaired) electrons. The van der Waals surface area contributed by atoms with Crippen LogP contribution in [0.5, 0.6) is 0 Å². The van der Waals surface area contributed by atoms with E-state index in [0.717, 1.165) is 5.57 Å². The summed E-state index contributed by atoms with van der Waals surface area (Å²) in [6.07, 6.45) is 1.79. The third-order valence-electron chi connectivity index (χ3n) is 4.77. The molecular weight excluding hydrogens is 268 g/mol. The van der Waals surface area contributed by atoms with Crippen LogP contribution in [-0.4, -0.2) is 35.4 Å². The predicted octanol–water partition coefficient (Wildman–Crippen LogP) is 1.55. The number of fused-ring (bicyclic) bond motifs is 2. The smallest absolute Gasteiger partial charge is 0.310 e. The number of carbonyl (C=O) groups excluding carboxylic acids is 2. The Bertz CT molecular complexity index is 472. The van der Waals surface area contributed by atoms with Crippen LogP contribution in [-0.2, 0) is 14.3 Å². The summed E-state index contributed by atoms with van der Waals surface area (Å²) in [5, 5.41) is 10.6. The van der Waals surface area contributed by atoms with Crippen molar-refractivity contribution in [2.24, 2.45) is 23.2 Å². The lowest BCUT2D eigenvalue weighted by Gasteiger charge is -2.56. The van der Waals surface area contributed by atoms with Gasteiger partial charge in [-0.05, 0) is 19.8 Å². The quantitative estimate of drug-likeness (QED) is 0.475. The number of allylic oxidation sites excluding steroid dienone is 1. The first-order valence-corrected chi connectivity index (χ1v) is 6.88. The second-order valence-corrected chi connectivity index (χ2v) is 6.16. The number of esters is 1. The highest BCUT2D eigenvalue weighted by atomic mass is 35.5. The van der Waals surface area contributed by atoms with E-state index in [0.29, 0.717) is 0 Å². The van der Waals surface area contributed by atoms with Gasteiger partial charge < -0.3 is 9.84 Å². The van der Waals surface area contributed by atoms with Crippen LogP contribution in [0.4, 0.5) is 0 Å². The van der Waals surface area contributed by atoms with E-state index < -0.39 is 28.8 Å². The topological polar surface area (TPSA) is 63.6 Å². The minimum absolute atomic E-state index is 0.157. The molecule has 5 atom stereocenters. The molecule has 2 bridgehead atoms. The molecule has 5 heteroatoms. The number of halogens is 1. The van der Waals surface area contributed by atoms with E-state index in [1.807, 2.05) is 13.8 Å². The van der Waals surface area contributed by atoms with E-state index in [1.54, 1.807) is 13.0 Å². The first-order chi connectivity index (χ1) is 8.74. The first kappa shape index (κ1) is 14.5. The second kappa shape index (κ2) is 4.32. The van der Waals surface area contributed by atoms with Crippen LogP contribution < -0.4 is 0 Å². The molecule has 0 heterocycles. The van der Waals surface area contributed by atoms with E-state index in [9.17, 15) is 14.7 Å². The second-order valence-electron chi connectivity index (χ2n) is 5.90. The lowest BCUT2D eigenvalue weighted by atomic mass is 9.47. The molecule has 0 aliphatic heterocycles. The van der Waals surface area contributed by atoms with Crippen LogP contribution in [0, 0.1) is 23.2 Å². The Morgan fingerprint density at radius 1 is 1.58 bits per heavy atom. The Morgan fingerprint density at radius 2 is 2.16 bits per heavy atom. The van der Waals surface area contributed by atoms with Crippen molar-refractivity contribution >= 4 is 23.4 Å². The largest absolute Gasteiger partial charge is 0.469 e. The number of alkyl halides is 1. The Hall–Kier alpha value is -0.870. The van der Waals surface area contributed by atoms with Gasteiger partial charge >= 0.3 is 5.97 Å². The van der Waals surface area contributed by atoms with Crippen LogP contribution in [0.2, 0.25) is 0 Å². The standard InChI is InChI=1S/C14H19ClO4/c1-7-5-13(3)10(11(16)19-4)8(2)9(7)14(18,6-15)12(13)17/h5,8-10,18H,6H2,1-4H3/t8-,9+,10-,13-,14-/m0/s1. The van der Waals surface area contributed by atoms with E-state index in [4.69, 9.17) is 16.3 Å². The van der Waals surface area contributed by atoms with Crippen LogP contribution in [0.3, 0.4) is 0 Å². The Balaban J connectivity index is 2.62. The summed E-state index contributed by atoms with van der Waals surface area (Å²) in [6, 6.07) is 0. The molecule has 1 N–H and O–H groups in total. The molecule has 0 saturated heterocycles. The van der Waals surface area contributed by atoms with E-state index in [2.05, 4.69) is 0 Å². The Labute approximate surface area is 117 Å². The lowest BCUT2D eigenvalue weighted by molar-refractivity contribution is -0.179. The SMILES string of the molecule is COC(=O)[C@@H]1[C@@H](C)[C@H]2C(C)=C[C@]1(C)C(=O)[C@]2(O)CCl. The van der Waals surface area contributed by atoms with Gasteiger partial charge in [0.25, 0.3) is 0 Å². The molecule has 19 heavy (non-hydrogen) atoms. The zero-order valence-electron chi connectivity index (χ0n) is 11.6. The Morgan fingerprint density at radius 3 is 2.63 bits per heavy atom. The molecule has 3 aliphatic rings. The van der Waals surface area contributed by atoms with E-state index in [-0.39, 0.29) is 17.6 Å². The average molecular weight is 287 g/mol. The Kier molecular flexibility index (Phi) is 3.30. The molecule has 106 valence electrons. The van der Waals surface area contributed by atoms with Crippen LogP contribution in [0.25, 0.3) is 0 Å². The normalized spacial score (nSPS) is 45.1. The number of methoxy groups -OCH3 is 1. The van der Waals surface area contributed by atoms with Crippen molar-refractivity contribution in [1.29, 1.82) is 0 Å². The third-order valence-corrected chi connectivity index (χ3v) is 5.18. The van der Waals surface area contributed by atoms with Gasteiger partial charge in [-0.15, -0.1) is 11.6 Å². The lowest BCUT2D eigenvalue weighted by Crippen LogP contribution is -2.68. The maximum Gasteiger partial charge on any atom is 0.310 e. The van der Waals surface area contributed by atoms with Crippen LogP contribution in [0.15, 0.2) is 11.6 Å². The zero-order valence-corrected chi connectivity index (χ0v) is 12.3. The highest BCUT2D eigenvalue weighted by Crippen LogP contribution is 2.57. The summed E-state index contributed by atoms with van der Waals surface area (Å²) in [4.78, 5) is 24.6. The van der Waals surface area contributed by atoms with Gasteiger partial charge in [0, 0.05) is 5.92 Å². The van der Waals surface area contributed by atoms with Crippen molar-refractivity contribution in [3.05, 3.63) is 11.6 Å². The fourth-order valence-corrected chi connectivity index (χ4v) is 4.45. The van der Waals surface area contributed by atoms with Gasteiger partial charge in [0.2, 0.25) is 0 Å². The number of carbonyl (C=O) groups is 2. The molecule has 1 fully saturated rings. The van der Waals surface area contributed by atoms with Crippen LogP contribution >= 0.6 is 11.6 Å². The number of aliphatic hydroxyl groups is 1. The molecular formula is C14H19ClO4. The highest BCUT2D eigenvalue weighted by molar-refractivity contribution is 6.21. The van der Waals surface area contributed by atoms with Crippen molar-refractivity contribution in [2.45, 2.75) is 26.4 Å². The molecule has 0 aromatic heterocycles. The summed E-state index contributed by atoms with van der Waals surface area (Å²) >= 11 is 5.85. The summed E-state index contributed by atoms with van der Waals surface area (Å²) in [7, 11) is 1.31. The fraction of sp³-hybridized carbons (Fsp3) is 0.714. The van der Waals surface area contributed by atoms with Gasteiger partial charge in [0.05, 0.1) is 24.3 Å². The van der Waals surface area contributed by atoms with Crippen molar-refractivity contribution < 1.29 is 19.4 Å². The summed E-state index contributed by atoms with van der Waals surface area (Å²) in [5.74, 6) is -2.13. The summed E-state index contributed by atoms with van der Waals surface area (Å²) in [6.45, 7) is 5.42. The first-order valence-electron chi connectivity index (χ1n) is 6.34. The van der Waals surface area contributed by atoms with Crippen molar-refractivity contribution in [3.8, 4) is 0 Å². The number of ether oxygens (including phenoxy) is 1. The van der Waals surface area contributed by atoms with Crippen molar-refractivity contribution in [1.82, 2.24) is 0 Å².